The fourth-order valence-electron chi connectivity index (χ4n) is 1.74. The Morgan fingerprint density at radius 2 is 1.90 bits per heavy atom. The third-order valence-electron chi connectivity index (χ3n) is 2.83. The van der Waals surface area contributed by atoms with E-state index in [2.05, 4.69) is 10.5 Å². The van der Waals surface area contributed by atoms with Crippen LogP contribution >= 0.6 is 0 Å². The van der Waals surface area contributed by atoms with E-state index in [1.807, 2.05) is 45.0 Å². The van der Waals surface area contributed by atoms with Crippen LogP contribution in [0.3, 0.4) is 0 Å². The molecule has 21 heavy (non-hydrogen) atoms. The minimum absolute atomic E-state index is 0.486. The van der Waals surface area contributed by atoms with E-state index in [0.29, 0.717) is 25.4 Å². The summed E-state index contributed by atoms with van der Waals surface area (Å²) in [6.45, 7) is 7.03. The molecule has 0 unspecified atom stereocenters. The van der Waals surface area contributed by atoms with Crippen LogP contribution in [0.5, 0.6) is 5.75 Å². The number of amides is 2. The smallest absolute Gasteiger partial charge is 0.329 e. The normalized spacial score (nSPS) is 10.4. The molecular formula is C15H21N3O3. The maximum Gasteiger partial charge on any atom is 0.329 e. The monoisotopic (exact) mass is 291 g/mol. The van der Waals surface area contributed by atoms with E-state index in [1.54, 1.807) is 0 Å². The largest absolute Gasteiger partial charge is 0.493 e. The fourth-order valence-corrected chi connectivity index (χ4v) is 1.74. The first-order chi connectivity index (χ1) is 10.1. The Balaban J connectivity index is 2.66. The number of rotatable bonds is 6. The van der Waals surface area contributed by atoms with E-state index in [9.17, 15) is 9.59 Å². The number of carbonyl (C=O) groups excluding carboxylic acids is 2. The van der Waals surface area contributed by atoms with E-state index < -0.39 is 11.8 Å². The van der Waals surface area contributed by atoms with Crippen LogP contribution in [-0.2, 0) is 9.59 Å². The van der Waals surface area contributed by atoms with Crippen LogP contribution in [0.2, 0.25) is 0 Å². The standard InChI is InChI=1S/C15H21N3O3/c1-4-18(5-2)15(20)14(19)17-16-11-12-9-7-8-10-13(12)21-6-3/h7-11H,4-6H2,1-3H3,(H,17,19)/b16-11-. The molecule has 114 valence electrons. The SMILES string of the molecule is CCOc1ccccc1/C=N\NC(=O)C(=O)N(CC)CC. The highest BCUT2D eigenvalue weighted by Crippen LogP contribution is 2.15. The molecule has 0 aliphatic carbocycles. The highest BCUT2D eigenvalue weighted by Gasteiger charge is 2.18. The van der Waals surface area contributed by atoms with Crippen molar-refractivity contribution in [3.63, 3.8) is 0 Å². The molecule has 0 aliphatic heterocycles. The number of hydrogen-bond donors (Lipinski definition) is 1. The lowest BCUT2D eigenvalue weighted by Crippen LogP contribution is -2.41. The second kappa shape index (κ2) is 8.73. The van der Waals surface area contributed by atoms with Gasteiger partial charge in [-0.1, -0.05) is 12.1 Å². The molecule has 0 aromatic heterocycles. The number of para-hydroxylation sites is 1. The van der Waals surface area contributed by atoms with Crippen LogP contribution in [0.25, 0.3) is 0 Å². The van der Waals surface area contributed by atoms with Crippen LogP contribution in [0.4, 0.5) is 0 Å². The summed E-state index contributed by atoms with van der Waals surface area (Å²) in [5.41, 5.74) is 2.96. The van der Waals surface area contributed by atoms with Gasteiger partial charge in [0.25, 0.3) is 0 Å². The highest BCUT2D eigenvalue weighted by molar-refractivity contribution is 6.34. The molecule has 0 saturated heterocycles. The molecule has 0 bridgehead atoms. The van der Waals surface area contributed by atoms with Crippen molar-refractivity contribution in [2.75, 3.05) is 19.7 Å². The van der Waals surface area contributed by atoms with Crippen molar-refractivity contribution in [2.24, 2.45) is 5.10 Å². The van der Waals surface area contributed by atoms with E-state index in [-0.39, 0.29) is 0 Å². The van der Waals surface area contributed by atoms with E-state index in [0.717, 1.165) is 5.56 Å². The summed E-state index contributed by atoms with van der Waals surface area (Å²) in [5.74, 6) is -0.660. The molecule has 0 saturated carbocycles. The third kappa shape index (κ3) is 4.91. The van der Waals surface area contributed by atoms with Gasteiger partial charge in [-0.15, -0.1) is 0 Å². The topological polar surface area (TPSA) is 71.0 Å². The number of carbonyl (C=O) groups is 2. The van der Waals surface area contributed by atoms with Crippen molar-refractivity contribution in [3.05, 3.63) is 29.8 Å². The third-order valence-corrected chi connectivity index (χ3v) is 2.83. The highest BCUT2D eigenvalue weighted by atomic mass is 16.5. The zero-order valence-corrected chi connectivity index (χ0v) is 12.6. The lowest BCUT2D eigenvalue weighted by Gasteiger charge is -2.16. The molecule has 2 amide bonds. The number of hydrogen-bond acceptors (Lipinski definition) is 4. The lowest BCUT2D eigenvalue weighted by molar-refractivity contribution is -0.145. The van der Waals surface area contributed by atoms with Gasteiger partial charge in [0.2, 0.25) is 0 Å². The molecule has 0 fully saturated rings. The van der Waals surface area contributed by atoms with Crippen LogP contribution in [0.1, 0.15) is 26.3 Å². The number of ether oxygens (including phenoxy) is 1. The average molecular weight is 291 g/mol. The number of nitrogens with one attached hydrogen (secondary N) is 1. The summed E-state index contributed by atoms with van der Waals surface area (Å²) >= 11 is 0. The molecule has 0 radical (unpaired) electrons. The van der Waals surface area contributed by atoms with E-state index in [1.165, 1.54) is 11.1 Å². The molecule has 1 rings (SSSR count). The molecular weight excluding hydrogens is 270 g/mol. The predicted octanol–water partition coefficient (Wildman–Crippen LogP) is 1.40. The van der Waals surface area contributed by atoms with Crippen molar-refractivity contribution < 1.29 is 14.3 Å². The summed E-state index contributed by atoms with van der Waals surface area (Å²) in [6, 6.07) is 7.32. The molecule has 0 aliphatic rings. The van der Waals surface area contributed by atoms with Gasteiger partial charge in [0.05, 0.1) is 12.8 Å². The first-order valence-electron chi connectivity index (χ1n) is 6.98. The van der Waals surface area contributed by atoms with Crippen LogP contribution < -0.4 is 10.2 Å². The first kappa shape index (κ1) is 16.7. The maximum absolute atomic E-state index is 11.7. The summed E-state index contributed by atoms with van der Waals surface area (Å²) in [5, 5.41) is 3.80. The van der Waals surface area contributed by atoms with Gasteiger partial charge >= 0.3 is 11.8 Å². The zero-order valence-electron chi connectivity index (χ0n) is 12.6. The molecule has 1 aromatic rings. The molecule has 0 atom stereocenters. The second-order valence-electron chi connectivity index (χ2n) is 4.15. The molecule has 1 aromatic carbocycles. The number of hydrazone groups is 1. The summed E-state index contributed by atoms with van der Waals surface area (Å²) in [6.07, 6.45) is 1.46. The Bertz CT molecular complexity index is 511. The van der Waals surface area contributed by atoms with Crippen molar-refractivity contribution >= 4 is 18.0 Å². The van der Waals surface area contributed by atoms with E-state index in [4.69, 9.17) is 4.74 Å². The van der Waals surface area contributed by atoms with Crippen molar-refractivity contribution in [2.45, 2.75) is 20.8 Å². The molecule has 0 spiro atoms. The predicted molar refractivity (Wildman–Crippen MR) is 81.3 cm³/mol. The van der Waals surface area contributed by atoms with Gasteiger partial charge in [-0.3, -0.25) is 9.59 Å². The minimum atomic E-state index is -0.746. The van der Waals surface area contributed by atoms with Crippen molar-refractivity contribution in [1.29, 1.82) is 0 Å². The minimum Gasteiger partial charge on any atom is -0.493 e. The van der Waals surface area contributed by atoms with Crippen molar-refractivity contribution in [1.82, 2.24) is 10.3 Å². The van der Waals surface area contributed by atoms with Gasteiger partial charge < -0.3 is 9.64 Å². The molecule has 0 heterocycles. The van der Waals surface area contributed by atoms with Crippen LogP contribution in [-0.4, -0.2) is 42.6 Å². The average Bonchev–Trinajstić information content (AvgIpc) is 2.50. The second-order valence-corrected chi connectivity index (χ2v) is 4.15. The van der Waals surface area contributed by atoms with E-state index >= 15 is 0 Å². The zero-order chi connectivity index (χ0) is 15.7. The number of nitrogens with zero attached hydrogens (tertiary/aromatic N) is 2. The summed E-state index contributed by atoms with van der Waals surface area (Å²) in [4.78, 5) is 24.8. The number of benzene rings is 1. The summed E-state index contributed by atoms with van der Waals surface area (Å²) < 4.78 is 5.44. The maximum atomic E-state index is 11.7. The first-order valence-corrected chi connectivity index (χ1v) is 6.98. The van der Waals surface area contributed by atoms with Crippen LogP contribution in [0, 0.1) is 0 Å². The van der Waals surface area contributed by atoms with Crippen LogP contribution in [0.15, 0.2) is 29.4 Å². The Kier molecular flexibility index (Phi) is 6.94. The van der Waals surface area contributed by atoms with Gasteiger partial charge in [0.15, 0.2) is 0 Å². The Hall–Kier alpha value is -2.37. The molecule has 6 nitrogen and oxygen atoms in total. The Morgan fingerprint density at radius 3 is 2.52 bits per heavy atom. The molecule has 6 heteroatoms. The Labute approximate surface area is 124 Å². The fraction of sp³-hybridized carbons (Fsp3) is 0.400. The van der Waals surface area contributed by atoms with Gasteiger partial charge in [-0.25, -0.2) is 5.43 Å². The van der Waals surface area contributed by atoms with Gasteiger partial charge in [-0.05, 0) is 32.9 Å². The van der Waals surface area contributed by atoms with Gasteiger partial charge in [-0.2, -0.15) is 5.10 Å². The molecule has 1 N–H and O–H groups in total. The van der Waals surface area contributed by atoms with Crippen molar-refractivity contribution in [3.8, 4) is 5.75 Å². The van der Waals surface area contributed by atoms with Gasteiger partial charge in [0.1, 0.15) is 5.75 Å². The quantitative estimate of drug-likeness (QED) is 0.489. The lowest BCUT2D eigenvalue weighted by atomic mass is 10.2. The number of likely N-dealkylation sites (N-methyl/N-ethyl adjacent to an activating group) is 1. The summed E-state index contributed by atoms with van der Waals surface area (Å²) in [7, 11) is 0. The van der Waals surface area contributed by atoms with Gasteiger partial charge in [0, 0.05) is 18.7 Å². The Morgan fingerprint density at radius 1 is 1.24 bits per heavy atom.